The molecule has 0 saturated carbocycles. The highest BCUT2D eigenvalue weighted by atomic mass is 19.1. The van der Waals surface area contributed by atoms with Crippen molar-refractivity contribution in [3.63, 3.8) is 0 Å². The number of hydrogen-bond donors (Lipinski definition) is 1. The van der Waals surface area contributed by atoms with Gasteiger partial charge in [0, 0.05) is 23.5 Å². The summed E-state index contributed by atoms with van der Waals surface area (Å²) in [5.41, 5.74) is 4.16. The molecule has 4 rings (SSSR count). The molecule has 3 aromatic heterocycles. The summed E-state index contributed by atoms with van der Waals surface area (Å²) in [5, 5.41) is 7.23. The zero-order valence-electron chi connectivity index (χ0n) is 17.5. The molecule has 1 N–H and O–H groups in total. The molecule has 0 aliphatic heterocycles. The van der Waals surface area contributed by atoms with E-state index < -0.39 is 0 Å². The van der Waals surface area contributed by atoms with Crippen LogP contribution >= 0.6 is 0 Å². The molecule has 0 fully saturated rings. The highest BCUT2D eigenvalue weighted by Crippen LogP contribution is 2.33. The molecular weight excluding hydrogens is 393 g/mol. The molecule has 4 aromatic rings. The van der Waals surface area contributed by atoms with Gasteiger partial charge in [-0.1, -0.05) is 19.9 Å². The van der Waals surface area contributed by atoms with Crippen molar-refractivity contribution in [2.45, 2.75) is 20.8 Å². The monoisotopic (exact) mass is 415 g/mol. The predicted octanol–water partition coefficient (Wildman–Crippen LogP) is 5.06. The van der Waals surface area contributed by atoms with Gasteiger partial charge in [0.1, 0.15) is 17.3 Å². The van der Waals surface area contributed by atoms with E-state index in [0.717, 1.165) is 16.8 Å². The normalized spacial score (nSPS) is 11.5. The first kappa shape index (κ1) is 20.4. The van der Waals surface area contributed by atoms with Crippen LogP contribution in [0.1, 0.15) is 19.4 Å². The Balaban J connectivity index is 1.81. The number of pyridine rings is 1. The van der Waals surface area contributed by atoms with Gasteiger partial charge < -0.3 is 5.32 Å². The molecule has 7 heteroatoms. The van der Waals surface area contributed by atoms with Crippen molar-refractivity contribution in [3.05, 3.63) is 78.4 Å². The molecule has 3 heterocycles. The third kappa shape index (κ3) is 4.35. The van der Waals surface area contributed by atoms with Gasteiger partial charge in [0.05, 0.1) is 5.69 Å². The van der Waals surface area contributed by atoms with Crippen molar-refractivity contribution < 1.29 is 9.18 Å². The van der Waals surface area contributed by atoms with Crippen LogP contribution < -0.4 is 5.32 Å². The fourth-order valence-corrected chi connectivity index (χ4v) is 3.23. The summed E-state index contributed by atoms with van der Waals surface area (Å²) in [6, 6.07) is 12.2. The molecule has 0 unspecified atom stereocenters. The molecule has 0 saturated heterocycles. The molecule has 0 bridgehead atoms. The number of aryl methyl sites for hydroxylation is 1. The molecule has 0 radical (unpaired) electrons. The van der Waals surface area contributed by atoms with E-state index in [9.17, 15) is 9.18 Å². The fraction of sp³-hybridized carbons (Fsp3) is 0.167. The molecule has 0 aliphatic carbocycles. The number of benzene rings is 1. The smallest absolute Gasteiger partial charge is 0.249 e. The minimum atomic E-state index is -0.268. The third-order valence-corrected chi connectivity index (χ3v) is 4.74. The number of fused-ring (bicyclic) bond motifs is 1. The number of aromatic nitrogens is 4. The van der Waals surface area contributed by atoms with Crippen molar-refractivity contribution >= 4 is 17.4 Å². The fourth-order valence-electron chi connectivity index (χ4n) is 3.23. The van der Waals surface area contributed by atoms with Gasteiger partial charge in [0.2, 0.25) is 5.91 Å². The van der Waals surface area contributed by atoms with Crippen LogP contribution in [0, 0.1) is 18.7 Å². The second-order valence-corrected chi connectivity index (χ2v) is 7.59. The van der Waals surface area contributed by atoms with Crippen LogP contribution in [0.15, 0.2) is 67.0 Å². The molecule has 6 nitrogen and oxygen atoms in total. The van der Waals surface area contributed by atoms with Gasteiger partial charge in [0.15, 0.2) is 5.65 Å². The van der Waals surface area contributed by atoms with Crippen molar-refractivity contribution in [3.8, 4) is 22.5 Å². The lowest BCUT2D eigenvalue weighted by molar-refractivity contribution is -0.112. The summed E-state index contributed by atoms with van der Waals surface area (Å²) in [7, 11) is 0. The molecule has 1 amide bonds. The summed E-state index contributed by atoms with van der Waals surface area (Å²) in [6.07, 6.45) is 6.63. The average Bonchev–Trinajstić information content (AvgIpc) is 3.14. The lowest BCUT2D eigenvalue weighted by Gasteiger charge is -2.08. The highest BCUT2D eigenvalue weighted by molar-refractivity contribution is 5.99. The van der Waals surface area contributed by atoms with E-state index in [4.69, 9.17) is 4.98 Å². The van der Waals surface area contributed by atoms with Gasteiger partial charge in [-0.2, -0.15) is 5.10 Å². The third-order valence-electron chi connectivity index (χ3n) is 4.74. The molecule has 0 atom stereocenters. The Morgan fingerprint density at radius 3 is 2.74 bits per heavy atom. The molecule has 0 spiro atoms. The first-order valence-electron chi connectivity index (χ1n) is 9.98. The van der Waals surface area contributed by atoms with Crippen LogP contribution in [0.2, 0.25) is 0 Å². The number of nitrogens with zero attached hydrogens (tertiary/aromatic N) is 4. The molecule has 0 aliphatic rings. The van der Waals surface area contributed by atoms with Crippen molar-refractivity contribution in [1.82, 2.24) is 19.6 Å². The summed E-state index contributed by atoms with van der Waals surface area (Å²) >= 11 is 0. The lowest BCUT2D eigenvalue weighted by atomic mass is 10.0. The van der Waals surface area contributed by atoms with Gasteiger partial charge in [-0.3, -0.25) is 4.79 Å². The topological polar surface area (TPSA) is 72.2 Å². The van der Waals surface area contributed by atoms with Crippen LogP contribution in [0.4, 0.5) is 10.2 Å². The zero-order chi connectivity index (χ0) is 22.0. The van der Waals surface area contributed by atoms with Crippen LogP contribution in [0.3, 0.4) is 0 Å². The number of allylic oxidation sites excluding steroid dienone is 1. The first-order chi connectivity index (χ1) is 14.9. The number of carbonyl (C=O) groups excluding carboxylic acids is 1. The highest BCUT2D eigenvalue weighted by Gasteiger charge is 2.18. The first-order valence-corrected chi connectivity index (χ1v) is 9.98. The maximum Gasteiger partial charge on any atom is 0.249 e. The van der Waals surface area contributed by atoms with E-state index in [1.807, 2.05) is 38.1 Å². The number of anilines is 1. The van der Waals surface area contributed by atoms with Gasteiger partial charge in [-0.15, -0.1) is 0 Å². The summed E-state index contributed by atoms with van der Waals surface area (Å²) < 4.78 is 15.6. The molecule has 31 heavy (non-hydrogen) atoms. The van der Waals surface area contributed by atoms with Crippen LogP contribution in [0.25, 0.3) is 28.2 Å². The van der Waals surface area contributed by atoms with E-state index in [1.54, 1.807) is 42.0 Å². The van der Waals surface area contributed by atoms with Gasteiger partial charge in [-0.25, -0.2) is 18.9 Å². The molecule has 1 aromatic carbocycles. The van der Waals surface area contributed by atoms with Crippen LogP contribution in [-0.2, 0) is 4.79 Å². The van der Waals surface area contributed by atoms with Gasteiger partial charge in [0.25, 0.3) is 0 Å². The minimum absolute atomic E-state index is 0.246. The van der Waals surface area contributed by atoms with E-state index in [-0.39, 0.29) is 17.6 Å². The number of rotatable bonds is 5. The Bertz CT molecular complexity index is 1290. The van der Waals surface area contributed by atoms with E-state index >= 15 is 0 Å². The number of amides is 1. The van der Waals surface area contributed by atoms with E-state index in [1.165, 1.54) is 12.1 Å². The largest absolute Gasteiger partial charge is 0.307 e. The summed E-state index contributed by atoms with van der Waals surface area (Å²) in [5.74, 6) is 0.179. The number of nitrogens with one attached hydrogen (secondary N) is 1. The Hall–Kier alpha value is -3.87. The quantitative estimate of drug-likeness (QED) is 0.463. The zero-order valence-corrected chi connectivity index (χ0v) is 17.5. The predicted molar refractivity (Wildman–Crippen MR) is 119 cm³/mol. The van der Waals surface area contributed by atoms with Crippen molar-refractivity contribution in [2.75, 3.05) is 5.32 Å². The van der Waals surface area contributed by atoms with Crippen molar-refractivity contribution in [2.24, 2.45) is 5.92 Å². The maximum atomic E-state index is 13.8. The standard InChI is InChI=1S/C24H22FN5O/c1-15(2)6-9-22(31)28-20-14-18(10-12-26-20)24-23(17-7-8-19(25)16(3)13-17)29-21-5-4-11-27-30(21)24/h4-15H,1-3H3,(H,26,28,31)/b9-6+. The Morgan fingerprint density at radius 1 is 1.13 bits per heavy atom. The lowest BCUT2D eigenvalue weighted by Crippen LogP contribution is -2.09. The summed E-state index contributed by atoms with van der Waals surface area (Å²) in [4.78, 5) is 21.2. The SMILES string of the molecule is Cc1cc(-c2nc3cccnn3c2-c2ccnc(NC(=O)/C=C/C(C)C)c2)ccc1F. The second kappa shape index (κ2) is 8.47. The van der Waals surface area contributed by atoms with Crippen molar-refractivity contribution in [1.29, 1.82) is 0 Å². The second-order valence-electron chi connectivity index (χ2n) is 7.59. The van der Waals surface area contributed by atoms with E-state index in [0.29, 0.717) is 22.7 Å². The molecule has 156 valence electrons. The van der Waals surface area contributed by atoms with Crippen LogP contribution in [-0.4, -0.2) is 25.5 Å². The van der Waals surface area contributed by atoms with Gasteiger partial charge in [-0.05, 0) is 66.9 Å². The number of hydrogen-bond acceptors (Lipinski definition) is 4. The van der Waals surface area contributed by atoms with Crippen LogP contribution in [0.5, 0.6) is 0 Å². The maximum absolute atomic E-state index is 13.8. The minimum Gasteiger partial charge on any atom is -0.307 e. The number of carbonyl (C=O) groups is 1. The van der Waals surface area contributed by atoms with Gasteiger partial charge >= 0.3 is 0 Å². The number of imidazole rings is 1. The Kier molecular flexibility index (Phi) is 5.58. The van der Waals surface area contributed by atoms with E-state index in [2.05, 4.69) is 15.4 Å². The number of halogens is 1. The Labute approximate surface area is 179 Å². The Morgan fingerprint density at radius 2 is 1.97 bits per heavy atom. The average molecular weight is 415 g/mol. The summed E-state index contributed by atoms with van der Waals surface area (Å²) in [6.45, 7) is 5.72. The molecular formula is C24H22FN5O.